The van der Waals surface area contributed by atoms with Gasteiger partial charge in [0.15, 0.2) is 11.4 Å². The van der Waals surface area contributed by atoms with E-state index in [0.717, 1.165) is 44.7 Å². The van der Waals surface area contributed by atoms with Crippen molar-refractivity contribution in [3.8, 4) is 11.4 Å². The number of methoxy groups -OCH3 is 1. The first-order valence-corrected chi connectivity index (χ1v) is 7.16. The zero-order chi connectivity index (χ0) is 14.7. The molecule has 1 aliphatic heterocycles. The molecule has 0 bridgehead atoms. The van der Waals surface area contributed by atoms with Gasteiger partial charge >= 0.3 is 5.65 Å². The van der Waals surface area contributed by atoms with Gasteiger partial charge in [0.1, 0.15) is 23.8 Å². The van der Waals surface area contributed by atoms with Crippen LogP contribution in [-0.4, -0.2) is 11.5 Å². The van der Waals surface area contributed by atoms with Crippen molar-refractivity contribution < 1.29 is 9.30 Å². The van der Waals surface area contributed by atoms with E-state index in [9.17, 15) is 0 Å². The second-order valence-electron chi connectivity index (χ2n) is 5.30. The third-order valence-electron chi connectivity index (χ3n) is 4.06. The van der Waals surface area contributed by atoms with Crippen LogP contribution < -0.4 is 14.6 Å². The summed E-state index contributed by atoms with van der Waals surface area (Å²) >= 11 is 6.44. The number of hydrogen-bond acceptors (Lipinski definition) is 2. The maximum Gasteiger partial charge on any atom is 0.317 e. The van der Waals surface area contributed by atoms with E-state index in [4.69, 9.17) is 16.3 Å². The van der Waals surface area contributed by atoms with Crippen LogP contribution >= 0.6 is 11.6 Å². The maximum absolute atomic E-state index is 6.44. The molecular formula is C16H15ClN3O+. The molecule has 0 atom stereocenters. The molecule has 1 N–H and O–H groups in total. The predicted octanol–water partition coefficient (Wildman–Crippen LogP) is 3.55. The molecule has 3 aromatic rings. The smallest absolute Gasteiger partial charge is 0.317 e. The third kappa shape index (κ3) is 1.54. The Morgan fingerprint density at radius 1 is 1.24 bits per heavy atom. The fraction of sp³-hybridized carbons (Fsp3) is 0.188. The lowest BCUT2D eigenvalue weighted by Gasteiger charge is -2.20. The summed E-state index contributed by atoms with van der Waals surface area (Å²) in [7, 11) is 1.69. The standard InChI is InChI=1S/C16H15ClN3O/c1-9-4-5-12(21-3)15-13(9)18-14-11(17)8-10(2)19-6-7-20(15)16(14)19/h4-8,18H,1-3H3/q+1. The van der Waals surface area contributed by atoms with Gasteiger partial charge in [-0.3, -0.25) is 0 Å². The van der Waals surface area contributed by atoms with Gasteiger partial charge in [-0.05, 0) is 25.5 Å². The van der Waals surface area contributed by atoms with Crippen molar-refractivity contribution in [2.75, 3.05) is 12.4 Å². The average molecular weight is 301 g/mol. The molecule has 1 aromatic carbocycles. The largest absolute Gasteiger partial charge is 0.492 e. The molecule has 0 aliphatic carbocycles. The number of nitrogens with zero attached hydrogens (tertiary/aromatic N) is 2. The van der Waals surface area contributed by atoms with Crippen LogP contribution in [-0.2, 0) is 0 Å². The molecule has 4 rings (SSSR count). The number of aromatic nitrogens is 2. The van der Waals surface area contributed by atoms with Gasteiger partial charge in [0.05, 0.1) is 17.8 Å². The van der Waals surface area contributed by atoms with Gasteiger partial charge in [-0.25, -0.2) is 0 Å². The van der Waals surface area contributed by atoms with E-state index in [1.165, 1.54) is 0 Å². The normalized spacial score (nSPS) is 12.2. The van der Waals surface area contributed by atoms with Gasteiger partial charge in [0.2, 0.25) is 0 Å². The van der Waals surface area contributed by atoms with Gasteiger partial charge in [-0.2, -0.15) is 8.97 Å². The lowest BCUT2D eigenvalue weighted by atomic mass is 10.1. The van der Waals surface area contributed by atoms with E-state index in [2.05, 4.69) is 21.2 Å². The van der Waals surface area contributed by atoms with Gasteiger partial charge in [0.25, 0.3) is 0 Å². The molecule has 4 nitrogen and oxygen atoms in total. The number of halogens is 1. The zero-order valence-corrected chi connectivity index (χ0v) is 12.8. The number of aryl methyl sites for hydroxylation is 2. The molecular weight excluding hydrogens is 286 g/mol. The number of fused-ring (bicyclic) bond motifs is 2. The number of rotatable bonds is 1. The Kier molecular flexibility index (Phi) is 2.48. The van der Waals surface area contributed by atoms with Crippen molar-refractivity contribution in [1.82, 2.24) is 4.40 Å². The van der Waals surface area contributed by atoms with E-state index in [1.807, 2.05) is 37.5 Å². The molecule has 0 saturated carbocycles. The monoisotopic (exact) mass is 300 g/mol. The molecule has 106 valence electrons. The highest BCUT2D eigenvalue weighted by Crippen LogP contribution is 2.40. The van der Waals surface area contributed by atoms with E-state index < -0.39 is 0 Å². The van der Waals surface area contributed by atoms with E-state index in [1.54, 1.807) is 7.11 Å². The topological polar surface area (TPSA) is 29.5 Å². The first kappa shape index (κ1) is 12.5. The molecule has 0 saturated heterocycles. The minimum atomic E-state index is 0.723. The van der Waals surface area contributed by atoms with Crippen molar-refractivity contribution >= 4 is 28.6 Å². The highest BCUT2D eigenvalue weighted by Gasteiger charge is 2.31. The Hall–Kier alpha value is -2.20. The molecule has 0 amide bonds. The number of benzene rings is 1. The van der Waals surface area contributed by atoms with Crippen LogP contribution in [0.1, 0.15) is 11.3 Å². The Balaban J connectivity index is 2.19. The predicted molar refractivity (Wildman–Crippen MR) is 83.2 cm³/mol. The Labute approximate surface area is 127 Å². The highest BCUT2D eigenvalue weighted by molar-refractivity contribution is 6.34. The summed E-state index contributed by atoms with van der Waals surface area (Å²) in [6, 6.07) is 6.02. The Morgan fingerprint density at radius 3 is 2.81 bits per heavy atom. The summed E-state index contributed by atoms with van der Waals surface area (Å²) in [5.41, 5.74) is 6.25. The second kappa shape index (κ2) is 4.15. The summed E-state index contributed by atoms with van der Waals surface area (Å²) in [5.74, 6) is 0.837. The maximum atomic E-state index is 6.44. The number of imidazole rings is 1. The van der Waals surface area contributed by atoms with E-state index in [-0.39, 0.29) is 0 Å². The first-order chi connectivity index (χ1) is 10.1. The van der Waals surface area contributed by atoms with Gasteiger partial charge in [-0.1, -0.05) is 17.7 Å². The van der Waals surface area contributed by atoms with Crippen LogP contribution in [0.3, 0.4) is 0 Å². The summed E-state index contributed by atoms with van der Waals surface area (Å²) in [6.45, 7) is 4.12. The molecule has 3 heterocycles. The number of pyridine rings is 1. The molecule has 0 fully saturated rings. The first-order valence-electron chi connectivity index (χ1n) is 6.78. The number of anilines is 2. The summed E-state index contributed by atoms with van der Waals surface area (Å²) in [6.07, 6.45) is 4.09. The lowest BCUT2D eigenvalue weighted by Crippen LogP contribution is -2.35. The SMILES string of the molecule is COc1ccc(C)c2c1-[n+]1ccn3c(C)cc(Cl)c(c31)N2. The molecule has 21 heavy (non-hydrogen) atoms. The third-order valence-corrected chi connectivity index (χ3v) is 4.36. The fourth-order valence-electron chi connectivity index (χ4n) is 3.00. The Bertz CT molecular complexity index is 898. The molecule has 0 spiro atoms. The molecule has 0 radical (unpaired) electrons. The number of nitrogens with one attached hydrogen (secondary N) is 1. The van der Waals surface area contributed by atoms with Gasteiger partial charge < -0.3 is 10.1 Å². The van der Waals surface area contributed by atoms with Crippen LogP contribution in [0.15, 0.2) is 30.6 Å². The van der Waals surface area contributed by atoms with Crippen LogP contribution in [0.5, 0.6) is 5.75 Å². The summed E-state index contributed by atoms with van der Waals surface area (Å²) in [4.78, 5) is 0. The minimum Gasteiger partial charge on any atom is -0.492 e. The fourth-order valence-corrected chi connectivity index (χ4v) is 3.29. The molecule has 0 unspecified atom stereocenters. The van der Waals surface area contributed by atoms with Crippen molar-refractivity contribution in [2.24, 2.45) is 0 Å². The minimum absolute atomic E-state index is 0.723. The average Bonchev–Trinajstić information content (AvgIpc) is 2.91. The molecule has 5 heteroatoms. The van der Waals surface area contributed by atoms with Crippen molar-refractivity contribution in [1.29, 1.82) is 0 Å². The summed E-state index contributed by atoms with van der Waals surface area (Å²) < 4.78 is 9.80. The quantitative estimate of drug-likeness (QED) is 0.545. The lowest BCUT2D eigenvalue weighted by molar-refractivity contribution is -0.566. The molecule has 1 aliphatic rings. The van der Waals surface area contributed by atoms with Gasteiger partial charge in [0, 0.05) is 6.07 Å². The Morgan fingerprint density at radius 2 is 2.05 bits per heavy atom. The van der Waals surface area contributed by atoms with Crippen LogP contribution in [0.2, 0.25) is 5.02 Å². The number of ether oxygens (including phenoxy) is 1. The van der Waals surface area contributed by atoms with Gasteiger partial charge in [-0.15, -0.1) is 0 Å². The zero-order valence-electron chi connectivity index (χ0n) is 12.1. The molecule has 2 aromatic heterocycles. The van der Waals surface area contributed by atoms with Crippen molar-refractivity contribution in [3.63, 3.8) is 0 Å². The number of hydrogen-bond donors (Lipinski definition) is 1. The van der Waals surface area contributed by atoms with Crippen molar-refractivity contribution in [2.45, 2.75) is 13.8 Å². The van der Waals surface area contributed by atoms with E-state index >= 15 is 0 Å². The van der Waals surface area contributed by atoms with Crippen LogP contribution in [0.25, 0.3) is 11.3 Å². The van der Waals surface area contributed by atoms with Crippen molar-refractivity contribution in [3.05, 3.63) is 46.9 Å². The van der Waals surface area contributed by atoms with Crippen LogP contribution in [0.4, 0.5) is 11.4 Å². The summed E-state index contributed by atoms with van der Waals surface area (Å²) in [5, 5.41) is 4.20. The highest BCUT2D eigenvalue weighted by atomic mass is 35.5. The van der Waals surface area contributed by atoms with Crippen LogP contribution in [0, 0.1) is 13.8 Å². The second-order valence-corrected chi connectivity index (χ2v) is 5.71. The van der Waals surface area contributed by atoms with E-state index in [0.29, 0.717) is 0 Å².